The van der Waals surface area contributed by atoms with E-state index >= 15 is 0 Å². The molecule has 1 aliphatic heterocycles. The summed E-state index contributed by atoms with van der Waals surface area (Å²) in [5.74, 6) is 0. The van der Waals surface area contributed by atoms with E-state index in [0.717, 1.165) is 6.54 Å². The molecule has 0 saturated carbocycles. The van der Waals surface area contributed by atoms with Crippen LogP contribution in [0.5, 0.6) is 0 Å². The van der Waals surface area contributed by atoms with Crippen LogP contribution in [0.15, 0.2) is 14.3 Å². The third-order valence-electron chi connectivity index (χ3n) is 3.51. The monoisotopic (exact) mass is 408 g/mol. The lowest BCUT2D eigenvalue weighted by atomic mass is 10.0. The SMILES string of the molecule is CCCN(Cc1cc(Br)c(Br)s1)CC1CCCCN1. The number of nitrogens with one attached hydrogen (secondary N) is 1. The second-order valence-electron chi connectivity index (χ2n) is 5.22. The third-order valence-corrected chi connectivity index (χ3v) is 6.75. The van der Waals surface area contributed by atoms with Gasteiger partial charge in [-0.1, -0.05) is 13.3 Å². The van der Waals surface area contributed by atoms with Gasteiger partial charge in [0.15, 0.2) is 0 Å². The molecule has 0 radical (unpaired) electrons. The summed E-state index contributed by atoms with van der Waals surface area (Å²) in [5.41, 5.74) is 0. The molecule has 1 N–H and O–H groups in total. The van der Waals surface area contributed by atoms with E-state index in [1.165, 1.54) is 58.5 Å². The van der Waals surface area contributed by atoms with Gasteiger partial charge in [-0.15, -0.1) is 11.3 Å². The molecule has 1 atom stereocenters. The molecular weight excluding hydrogens is 388 g/mol. The molecule has 108 valence electrons. The largest absolute Gasteiger partial charge is 0.313 e. The molecule has 0 bridgehead atoms. The van der Waals surface area contributed by atoms with Crippen LogP contribution in [0.3, 0.4) is 0 Å². The maximum atomic E-state index is 3.65. The predicted octanol–water partition coefficient (Wildman–Crippen LogP) is 4.63. The Bertz CT molecular complexity index is 369. The summed E-state index contributed by atoms with van der Waals surface area (Å²) in [5, 5.41) is 3.65. The highest BCUT2D eigenvalue weighted by molar-refractivity contribution is 9.13. The molecule has 1 fully saturated rings. The van der Waals surface area contributed by atoms with Gasteiger partial charge in [-0.2, -0.15) is 0 Å². The Morgan fingerprint density at radius 3 is 2.84 bits per heavy atom. The van der Waals surface area contributed by atoms with E-state index in [4.69, 9.17) is 0 Å². The molecular formula is C14H22Br2N2S. The van der Waals surface area contributed by atoms with Gasteiger partial charge in [-0.25, -0.2) is 0 Å². The van der Waals surface area contributed by atoms with Crippen molar-refractivity contribution in [1.29, 1.82) is 0 Å². The first kappa shape index (κ1) is 16.0. The van der Waals surface area contributed by atoms with E-state index in [1.807, 2.05) is 11.3 Å². The molecule has 1 unspecified atom stereocenters. The lowest BCUT2D eigenvalue weighted by molar-refractivity contribution is 0.219. The number of rotatable bonds is 6. The summed E-state index contributed by atoms with van der Waals surface area (Å²) in [6.07, 6.45) is 5.28. The first-order valence-corrected chi connectivity index (χ1v) is 9.48. The Labute approximate surface area is 137 Å². The predicted molar refractivity (Wildman–Crippen MR) is 90.9 cm³/mol. The highest BCUT2D eigenvalue weighted by Gasteiger charge is 2.17. The zero-order chi connectivity index (χ0) is 13.7. The first-order chi connectivity index (χ1) is 9.19. The lowest BCUT2D eigenvalue weighted by Gasteiger charge is -2.30. The Balaban J connectivity index is 1.91. The van der Waals surface area contributed by atoms with Gasteiger partial charge in [0.05, 0.1) is 3.79 Å². The molecule has 2 heterocycles. The molecule has 2 nitrogen and oxygen atoms in total. The first-order valence-electron chi connectivity index (χ1n) is 7.08. The van der Waals surface area contributed by atoms with Crippen molar-refractivity contribution in [2.45, 2.75) is 45.2 Å². The topological polar surface area (TPSA) is 15.3 Å². The smallest absolute Gasteiger partial charge is 0.0843 e. The Hall–Kier alpha value is 0.580. The van der Waals surface area contributed by atoms with Crippen LogP contribution in [0.2, 0.25) is 0 Å². The van der Waals surface area contributed by atoms with Crippen LogP contribution in [0.4, 0.5) is 0 Å². The van der Waals surface area contributed by atoms with Crippen LogP contribution in [-0.2, 0) is 6.54 Å². The quantitative estimate of drug-likeness (QED) is 0.736. The Morgan fingerprint density at radius 1 is 1.42 bits per heavy atom. The minimum atomic E-state index is 0.687. The minimum absolute atomic E-state index is 0.687. The summed E-state index contributed by atoms with van der Waals surface area (Å²) >= 11 is 9.00. The zero-order valence-corrected chi connectivity index (χ0v) is 15.4. The van der Waals surface area contributed by atoms with E-state index in [2.05, 4.69) is 55.1 Å². The van der Waals surface area contributed by atoms with Gasteiger partial charge in [0.25, 0.3) is 0 Å². The lowest BCUT2D eigenvalue weighted by Crippen LogP contribution is -2.43. The van der Waals surface area contributed by atoms with Crippen LogP contribution in [0, 0.1) is 0 Å². The standard InChI is InChI=1S/C14H22Br2N2S/c1-2-7-18(9-11-5-3-4-6-17-11)10-12-8-13(15)14(16)19-12/h8,11,17H,2-7,9-10H2,1H3. The van der Waals surface area contributed by atoms with Crippen molar-refractivity contribution in [1.82, 2.24) is 10.2 Å². The van der Waals surface area contributed by atoms with Gasteiger partial charge in [0.1, 0.15) is 0 Å². The summed E-state index contributed by atoms with van der Waals surface area (Å²) in [6, 6.07) is 2.93. The Kier molecular flexibility index (Phi) is 6.83. The summed E-state index contributed by atoms with van der Waals surface area (Å²) in [6.45, 7) is 6.90. The molecule has 1 aromatic rings. The van der Waals surface area contributed by atoms with Crippen molar-refractivity contribution in [3.05, 3.63) is 19.2 Å². The Morgan fingerprint density at radius 2 is 2.26 bits per heavy atom. The van der Waals surface area contributed by atoms with E-state index in [9.17, 15) is 0 Å². The molecule has 0 amide bonds. The van der Waals surface area contributed by atoms with Crippen molar-refractivity contribution in [2.75, 3.05) is 19.6 Å². The van der Waals surface area contributed by atoms with Gasteiger partial charge < -0.3 is 5.32 Å². The molecule has 0 aromatic carbocycles. The van der Waals surface area contributed by atoms with Crippen LogP contribution in [0.25, 0.3) is 0 Å². The van der Waals surface area contributed by atoms with Gasteiger partial charge in [-0.3, -0.25) is 4.90 Å². The van der Waals surface area contributed by atoms with Crippen LogP contribution >= 0.6 is 43.2 Å². The number of hydrogen-bond acceptors (Lipinski definition) is 3. The van der Waals surface area contributed by atoms with Crippen LogP contribution in [-0.4, -0.2) is 30.6 Å². The summed E-state index contributed by atoms with van der Waals surface area (Å²) in [4.78, 5) is 4.02. The average Bonchev–Trinajstić information content (AvgIpc) is 2.70. The van der Waals surface area contributed by atoms with Gasteiger partial charge in [-0.05, 0) is 70.3 Å². The molecule has 1 saturated heterocycles. The number of hydrogen-bond donors (Lipinski definition) is 1. The third kappa shape index (κ3) is 5.12. The normalized spacial score (nSPS) is 20.1. The van der Waals surface area contributed by atoms with Crippen LogP contribution in [0.1, 0.15) is 37.5 Å². The fourth-order valence-corrected chi connectivity index (χ4v) is 4.85. The molecule has 1 aliphatic rings. The fraction of sp³-hybridized carbons (Fsp3) is 0.714. The number of halogens is 2. The second kappa shape index (κ2) is 8.13. The van der Waals surface area contributed by atoms with E-state index in [-0.39, 0.29) is 0 Å². The van der Waals surface area contributed by atoms with E-state index in [1.54, 1.807) is 0 Å². The zero-order valence-electron chi connectivity index (χ0n) is 11.4. The highest BCUT2D eigenvalue weighted by Crippen LogP contribution is 2.33. The van der Waals surface area contributed by atoms with Crippen molar-refractivity contribution in [2.24, 2.45) is 0 Å². The number of piperidine rings is 1. The van der Waals surface area contributed by atoms with Gasteiger partial charge >= 0.3 is 0 Å². The fourth-order valence-electron chi connectivity index (χ4n) is 2.63. The van der Waals surface area contributed by atoms with Crippen molar-refractivity contribution in [3.8, 4) is 0 Å². The van der Waals surface area contributed by atoms with Gasteiger partial charge in [0, 0.05) is 28.5 Å². The molecule has 19 heavy (non-hydrogen) atoms. The average molecular weight is 410 g/mol. The van der Waals surface area contributed by atoms with Crippen molar-refractivity contribution in [3.63, 3.8) is 0 Å². The van der Waals surface area contributed by atoms with E-state index < -0.39 is 0 Å². The molecule has 1 aromatic heterocycles. The molecule has 2 rings (SSSR count). The second-order valence-corrected chi connectivity index (χ2v) is 8.53. The van der Waals surface area contributed by atoms with Gasteiger partial charge in [0.2, 0.25) is 0 Å². The molecule has 0 spiro atoms. The number of thiophene rings is 1. The van der Waals surface area contributed by atoms with Crippen molar-refractivity contribution < 1.29 is 0 Å². The summed E-state index contributed by atoms with van der Waals surface area (Å²) in [7, 11) is 0. The minimum Gasteiger partial charge on any atom is -0.313 e. The van der Waals surface area contributed by atoms with Crippen molar-refractivity contribution >= 4 is 43.2 Å². The maximum Gasteiger partial charge on any atom is 0.0843 e. The van der Waals surface area contributed by atoms with Crippen LogP contribution < -0.4 is 5.32 Å². The maximum absolute atomic E-state index is 3.65. The number of nitrogens with zero attached hydrogens (tertiary/aromatic N) is 1. The van der Waals surface area contributed by atoms with E-state index in [0.29, 0.717) is 6.04 Å². The summed E-state index contributed by atoms with van der Waals surface area (Å²) < 4.78 is 2.38. The molecule has 5 heteroatoms. The molecule has 0 aliphatic carbocycles. The highest BCUT2D eigenvalue weighted by atomic mass is 79.9.